The molecule has 0 aromatic rings. The van der Waals surface area contributed by atoms with Gasteiger partial charge in [-0.3, -0.25) is 0 Å². The normalized spacial score (nSPS) is 28.0. The Morgan fingerprint density at radius 1 is 1.37 bits per heavy atom. The van der Waals surface area contributed by atoms with Gasteiger partial charge in [-0.15, -0.1) is 0 Å². The first kappa shape index (κ1) is 15.2. The molecule has 0 amide bonds. The monoisotopic (exact) mass is 292 g/mol. The van der Waals surface area contributed by atoms with Crippen LogP contribution in [0.5, 0.6) is 0 Å². The number of aliphatic hydroxyl groups is 1. The molecule has 2 aliphatic rings. The fourth-order valence-corrected chi connectivity index (χ4v) is 4.35. The highest BCUT2D eigenvalue weighted by Gasteiger charge is 2.39. The van der Waals surface area contributed by atoms with Gasteiger partial charge in [0, 0.05) is 26.2 Å². The molecule has 1 heterocycles. The number of piperidine rings is 1. The largest absolute Gasteiger partial charge is 0.395 e. The number of ether oxygens (including phenoxy) is 1. The molecule has 19 heavy (non-hydrogen) atoms. The Labute approximate surface area is 115 Å². The van der Waals surface area contributed by atoms with Crippen molar-refractivity contribution < 1.29 is 18.3 Å². The first-order valence-electron chi connectivity index (χ1n) is 6.95. The van der Waals surface area contributed by atoms with Crippen molar-refractivity contribution in [3.63, 3.8) is 0 Å². The van der Waals surface area contributed by atoms with Crippen LogP contribution in [0.15, 0.2) is 0 Å². The van der Waals surface area contributed by atoms with E-state index in [1.165, 1.54) is 4.31 Å². The quantitative estimate of drug-likeness (QED) is 0.735. The van der Waals surface area contributed by atoms with Gasteiger partial charge in [0.15, 0.2) is 0 Å². The molecule has 1 saturated heterocycles. The van der Waals surface area contributed by atoms with Crippen molar-refractivity contribution in [3.05, 3.63) is 0 Å². The summed E-state index contributed by atoms with van der Waals surface area (Å²) in [6.07, 6.45) is 5.43. The van der Waals surface area contributed by atoms with Crippen LogP contribution in [-0.4, -0.2) is 56.3 Å². The van der Waals surface area contributed by atoms with Gasteiger partial charge in [-0.05, 0) is 32.1 Å². The van der Waals surface area contributed by atoms with E-state index < -0.39 is 10.2 Å². The third-order valence-corrected chi connectivity index (χ3v) is 5.97. The molecule has 0 aromatic heterocycles. The topological polar surface area (TPSA) is 78.9 Å². The van der Waals surface area contributed by atoms with Crippen molar-refractivity contribution in [1.29, 1.82) is 0 Å². The van der Waals surface area contributed by atoms with E-state index in [9.17, 15) is 13.5 Å². The molecule has 2 rings (SSSR count). The lowest BCUT2D eigenvalue weighted by molar-refractivity contribution is -0.0662. The molecule has 1 unspecified atom stereocenters. The molecular formula is C12H24N2O4S. The number of aliphatic hydroxyl groups excluding tert-OH is 1. The van der Waals surface area contributed by atoms with Gasteiger partial charge in [-0.25, -0.2) is 0 Å². The van der Waals surface area contributed by atoms with Crippen LogP contribution in [-0.2, 0) is 14.9 Å². The minimum atomic E-state index is -3.52. The lowest BCUT2D eigenvalue weighted by Crippen LogP contribution is -2.55. The summed E-state index contributed by atoms with van der Waals surface area (Å²) in [5, 5.41) is 9.30. The van der Waals surface area contributed by atoms with Crippen molar-refractivity contribution in [2.24, 2.45) is 0 Å². The zero-order valence-electron chi connectivity index (χ0n) is 11.5. The fraction of sp³-hybridized carbons (Fsp3) is 1.00. The average molecular weight is 292 g/mol. The molecular weight excluding hydrogens is 268 g/mol. The van der Waals surface area contributed by atoms with Crippen LogP contribution in [0.3, 0.4) is 0 Å². The van der Waals surface area contributed by atoms with Gasteiger partial charge >= 0.3 is 0 Å². The molecule has 7 heteroatoms. The minimum Gasteiger partial charge on any atom is -0.395 e. The molecule has 0 radical (unpaired) electrons. The van der Waals surface area contributed by atoms with E-state index in [2.05, 4.69) is 4.72 Å². The Hall–Kier alpha value is -0.210. The Balaban J connectivity index is 1.97. The second-order valence-corrected chi connectivity index (χ2v) is 7.22. The molecule has 0 spiro atoms. The summed E-state index contributed by atoms with van der Waals surface area (Å²) in [4.78, 5) is 0. The van der Waals surface area contributed by atoms with Gasteiger partial charge in [-0.2, -0.15) is 17.4 Å². The highest BCUT2D eigenvalue weighted by atomic mass is 32.2. The first-order chi connectivity index (χ1) is 9.03. The molecule has 112 valence electrons. The van der Waals surface area contributed by atoms with Crippen LogP contribution >= 0.6 is 0 Å². The molecule has 2 N–H and O–H groups in total. The van der Waals surface area contributed by atoms with Crippen LogP contribution in [0, 0.1) is 0 Å². The Kier molecular flexibility index (Phi) is 4.84. The zero-order valence-corrected chi connectivity index (χ0v) is 12.3. The molecule has 1 aliphatic carbocycles. The molecule has 6 nitrogen and oxygen atoms in total. The van der Waals surface area contributed by atoms with Gasteiger partial charge in [0.2, 0.25) is 0 Å². The molecule has 1 saturated carbocycles. The van der Waals surface area contributed by atoms with Gasteiger partial charge < -0.3 is 9.84 Å². The Bertz CT molecular complexity index is 389. The third-order valence-electron chi connectivity index (χ3n) is 4.37. The molecule has 0 aromatic carbocycles. The van der Waals surface area contributed by atoms with E-state index in [1.807, 2.05) is 0 Å². The van der Waals surface area contributed by atoms with Crippen LogP contribution in [0.4, 0.5) is 0 Å². The summed E-state index contributed by atoms with van der Waals surface area (Å²) in [6, 6.07) is -0.286. The van der Waals surface area contributed by atoms with Gasteiger partial charge in [0.25, 0.3) is 10.2 Å². The number of rotatable bonds is 6. The summed E-state index contributed by atoms with van der Waals surface area (Å²) >= 11 is 0. The highest BCUT2D eigenvalue weighted by molar-refractivity contribution is 7.87. The second kappa shape index (κ2) is 6.05. The van der Waals surface area contributed by atoms with Gasteiger partial charge in [0.05, 0.1) is 12.2 Å². The smallest absolute Gasteiger partial charge is 0.279 e. The standard InChI is InChI=1S/C12H24N2O4S/c1-18-12(6-4-7-12)10-13-19(16,17)14-8-3-2-5-11(14)9-15/h11,13,15H,2-10H2,1H3. The van der Waals surface area contributed by atoms with Crippen molar-refractivity contribution in [2.75, 3.05) is 26.8 Å². The van der Waals surface area contributed by atoms with E-state index in [-0.39, 0.29) is 18.2 Å². The van der Waals surface area contributed by atoms with E-state index in [1.54, 1.807) is 7.11 Å². The van der Waals surface area contributed by atoms with E-state index >= 15 is 0 Å². The molecule has 2 fully saturated rings. The van der Waals surface area contributed by atoms with Gasteiger partial charge in [-0.1, -0.05) is 6.42 Å². The molecule has 1 atom stereocenters. The van der Waals surface area contributed by atoms with Crippen molar-refractivity contribution in [3.8, 4) is 0 Å². The second-order valence-electron chi connectivity index (χ2n) is 5.51. The summed E-state index contributed by atoms with van der Waals surface area (Å²) < 4.78 is 34.1. The van der Waals surface area contributed by atoms with Crippen molar-refractivity contribution in [2.45, 2.75) is 50.2 Å². The van der Waals surface area contributed by atoms with E-state index in [4.69, 9.17) is 4.74 Å². The Morgan fingerprint density at radius 2 is 2.11 bits per heavy atom. The fourth-order valence-electron chi connectivity index (χ4n) is 2.80. The number of hydrogen-bond donors (Lipinski definition) is 2. The summed E-state index contributed by atoms with van der Waals surface area (Å²) in [6.45, 7) is 0.692. The van der Waals surface area contributed by atoms with E-state index in [0.29, 0.717) is 13.1 Å². The molecule has 0 bridgehead atoms. The number of nitrogens with one attached hydrogen (secondary N) is 1. The highest BCUT2D eigenvalue weighted by Crippen LogP contribution is 2.34. The van der Waals surface area contributed by atoms with Crippen LogP contribution in [0.25, 0.3) is 0 Å². The summed E-state index contributed by atoms with van der Waals surface area (Å²) in [5.41, 5.74) is -0.322. The minimum absolute atomic E-state index is 0.115. The van der Waals surface area contributed by atoms with Crippen LogP contribution in [0.1, 0.15) is 38.5 Å². The third kappa shape index (κ3) is 3.28. The van der Waals surface area contributed by atoms with Crippen LogP contribution in [0.2, 0.25) is 0 Å². The maximum Gasteiger partial charge on any atom is 0.279 e. The number of nitrogens with zero attached hydrogens (tertiary/aromatic N) is 1. The molecule has 1 aliphatic heterocycles. The zero-order chi connectivity index (χ0) is 13.9. The predicted octanol–water partition coefficient (Wildman–Crippen LogP) is 0.237. The predicted molar refractivity (Wildman–Crippen MR) is 71.9 cm³/mol. The number of hydrogen-bond acceptors (Lipinski definition) is 4. The van der Waals surface area contributed by atoms with Crippen molar-refractivity contribution >= 4 is 10.2 Å². The maximum atomic E-state index is 12.3. The lowest BCUT2D eigenvalue weighted by atomic mass is 9.80. The first-order valence-corrected chi connectivity index (χ1v) is 8.39. The number of methoxy groups -OCH3 is 1. The van der Waals surface area contributed by atoms with Gasteiger partial charge in [0.1, 0.15) is 0 Å². The maximum absolute atomic E-state index is 12.3. The lowest BCUT2D eigenvalue weighted by Gasteiger charge is -2.41. The SMILES string of the molecule is COC1(CNS(=O)(=O)N2CCCCC2CO)CCC1. The average Bonchev–Trinajstić information content (AvgIpc) is 2.38. The van der Waals surface area contributed by atoms with E-state index in [0.717, 1.165) is 38.5 Å². The van der Waals surface area contributed by atoms with Crippen LogP contribution < -0.4 is 4.72 Å². The Morgan fingerprint density at radius 3 is 2.63 bits per heavy atom. The van der Waals surface area contributed by atoms with Crippen molar-refractivity contribution in [1.82, 2.24) is 9.03 Å². The summed E-state index contributed by atoms with van der Waals surface area (Å²) in [5.74, 6) is 0. The summed E-state index contributed by atoms with van der Waals surface area (Å²) in [7, 11) is -1.89.